The van der Waals surface area contributed by atoms with Crippen LogP contribution in [0.1, 0.15) is 48.9 Å². The topological polar surface area (TPSA) is 38.3 Å². The molecule has 0 aliphatic heterocycles. The van der Waals surface area contributed by atoms with Crippen LogP contribution in [0, 0.1) is 6.92 Å². The number of benzene rings is 2. The molecule has 0 spiro atoms. The number of ether oxygens (including phenoxy) is 1. The molecule has 2 aromatic carbocycles. The summed E-state index contributed by atoms with van der Waals surface area (Å²) >= 11 is 6.06. The third-order valence-electron chi connectivity index (χ3n) is 4.76. The van der Waals surface area contributed by atoms with E-state index in [9.17, 15) is 4.79 Å². The number of nitrogens with one attached hydrogen (secondary N) is 1. The van der Waals surface area contributed by atoms with Crippen LogP contribution in [0.2, 0.25) is 5.02 Å². The van der Waals surface area contributed by atoms with Crippen molar-refractivity contribution in [1.29, 1.82) is 0 Å². The normalized spacial score (nSPS) is 17.5. The van der Waals surface area contributed by atoms with Crippen molar-refractivity contribution in [2.24, 2.45) is 0 Å². The maximum absolute atomic E-state index is 12.7. The van der Waals surface area contributed by atoms with Crippen LogP contribution < -0.4 is 10.1 Å². The van der Waals surface area contributed by atoms with Gasteiger partial charge in [0.15, 0.2) is 6.10 Å². The van der Waals surface area contributed by atoms with Gasteiger partial charge in [0.25, 0.3) is 5.91 Å². The van der Waals surface area contributed by atoms with Gasteiger partial charge in [0.05, 0.1) is 6.04 Å². The van der Waals surface area contributed by atoms with Crippen molar-refractivity contribution < 1.29 is 9.53 Å². The van der Waals surface area contributed by atoms with Gasteiger partial charge in [-0.3, -0.25) is 4.79 Å². The van der Waals surface area contributed by atoms with E-state index in [1.165, 1.54) is 11.1 Å². The fourth-order valence-electron chi connectivity index (χ4n) is 3.35. The smallest absolute Gasteiger partial charge is 0.261 e. The van der Waals surface area contributed by atoms with E-state index in [1.807, 2.05) is 26.0 Å². The van der Waals surface area contributed by atoms with E-state index in [-0.39, 0.29) is 11.9 Å². The largest absolute Gasteiger partial charge is 0.481 e. The second-order valence-electron chi connectivity index (χ2n) is 6.58. The van der Waals surface area contributed by atoms with Gasteiger partial charge in [-0.25, -0.2) is 0 Å². The molecule has 0 bridgehead atoms. The first kappa shape index (κ1) is 17.8. The van der Waals surface area contributed by atoms with Crippen molar-refractivity contribution in [3.8, 4) is 5.75 Å². The molecule has 1 N–H and O–H groups in total. The molecule has 2 atom stereocenters. The Bertz CT molecular complexity index is 759. The third-order valence-corrected chi connectivity index (χ3v) is 5.18. The lowest BCUT2D eigenvalue weighted by atomic mass is 9.87. The van der Waals surface area contributed by atoms with Crippen molar-refractivity contribution in [3.05, 3.63) is 64.2 Å². The van der Waals surface area contributed by atoms with Crippen LogP contribution >= 0.6 is 11.6 Å². The number of amides is 1. The van der Waals surface area contributed by atoms with E-state index in [2.05, 4.69) is 23.5 Å². The third kappa shape index (κ3) is 4.16. The average Bonchev–Trinajstić information content (AvgIpc) is 2.63. The van der Waals surface area contributed by atoms with Gasteiger partial charge in [-0.05, 0) is 67.5 Å². The maximum Gasteiger partial charge on any atom is 0.261 e. The van der Waals surface area contributed by atoms with Crippen LogP contribution in [0.4, 0.5) is 0 Å². The lowest BCUT2D eigenvalue weighted by molar-refractivity contribution is -0.129. The molecular formula is C21H24ClNO2. The first-order chi connectivity index (χ1) is 12.1. The van der Waals surface area contributed by atoms with Gasteiger partial charge in [-0.15, -0.1) is 0 Å². The lowest BCUT2D eigenvalue weighted by Gasteiger charge is -2.28. The zero-order valence-electron chi connectivity index (χ0n) is 14.7. The predicted molar refractivity (Wildman–Crippen MR) is 101 cm³/mol. The molecule has 1 aliphatic rings. The molecule has 0 fully saturated rings. The van der Waals surface area contributed by atoms with Crippen LogP contribution in [0.5, 0.6) is 5.75 Å². The summed E-state index contributed by atoms with van der Waals surface area (Å²) in [6, 6.07) is 13.9. The second kappa shape index (κ2) is 7.92. The van der Waals surface area contributed by atoms with Crippen LogP contribution in [0.3, 0.4) is 0 Å². The SMILES string of the molecule is CC[C@H](Oc1ccc(Cl)c(C)c1)C(=O)N[C@@H]1CCCc2ccccc21. The predicted octanol–water partition coefficient (Wildman–Crippen LogP) is 5.00. The number of rotatable bonds is 5. The van der Waals surface area contributed by atoms with E-state index < -0.39 is 6.10 Å². The number of halogens is 1. The first-order valence-corrected chi connectivity index (χ1v) is 9.27. The number of hydrogen-bond donors (Lipinski definition) is 1. The fourth-order valence-corrected chi connectivity index (χ4v) is 3.46. The van der Waals surface area contributed by atoms with E-state index in [4.69, 9.17) is 16.3 Å². The summed E-state index contributed by atoms with van der Waals surface area (Å²) in [6.45, 7) is 3.89. The monoisotopic (exact) mass is 357 g/mol. The Morgan fingerprint density at radius 1 is 1.32 bits per heavy atom. The zero-order chi connectivity index (χ0) is 17.8. The van der Waals surface area contributed by atoms with Crippen molar-refractivity contribution in [1.82, 2.24) is 5.32 Å². The quantitative estimate of drug-likeness (QED) is 0.817. The summed E-state index contributed by atoms with van der Waals surface area (Å²) in [5.74, 6) is 0.616. The molecule has 4 heteroatoms. The van der Waals surface area contributed by atoms with Gasteiger partial charge in [0.1, 0.15) is 5.75 Å². The minimum atomic E-state index is -0.505. The number of fused-ring (bicyclic) bond motifs is 1. The number of carbonyl (C=O) groups excluding carboxylic acids is 1. The molecular weight excluding hydrogens is 334 g/mol. The van der Waals surface area contributed by atoms with Crippen molar-refractivity contribution in [2.75, 3.05) is 0 Å². The van der Waals surface area contributed by atoms with Gasteiger partial charge in [-0.1, -0.05) is 42.8 Å². The molecule has 0 saturated carbocycles. The van der Waals surface area contributed by atoms with E-state index in [1.54, 1.807) is 12.1 Å². The Morgan fingerprint density at radius 2 is 2.12 bits per heavy atom. The van der Waals surface area contributed by atoms with Crippen LogP contribution in [0.25, 0.3) is 0 Å². The molecule has 0 aromatic heterocycles. The van der Waals surface area contributed by atoms with Gasteiger partial charge in [0, 0.05) is 5.02 Å². The van der Waals surface area contributed by atoms with E-state index in [0.29, 0.717) is 17.2 Å². The molecule has 2 aromatic rings. The molecule has 3 nitrogen and oxygen atoms in total. The molecule has 132 valence electrons. The summed E-state index contributed by atoms with van der Waals surface area (Å²) in [7, 11) is 0. The molecule has 0 heterocycles. The minimum absolute atomic E-state index is 0.0585. The first-order valence-electron chi connectivity index (χ1n) is 8.89. The summed E-state index contributed by atoms with van der Waals surface area (Å²) in [5, 5.41) is 3.88. The Kier molecular flexibility index (Phi) is 5.64. The Labute approximate surface area is 154 Å². The van der Waals surface area contributed by atoms with Crippen LogP contribution in [0.15, 0.2) is 42.5 Å². The van der Waals surface area contributed by atoms with Crippen molar-refractivity contribution in [3.63, 3.8) is 0 Å². The van der Waals surface area contributed by atoms with E-state index in [0.717, 1.165) is 24.8 Å². The van der Waals surface area contributed by atoms with E-state index >= 15 is 0 Å². The van der Waals surface area contributed by atoms with Crippen molar-refractivity contribution in [2.45, 2.75) is 51.7 Å². The van der Waals surface area contributed by atoms with Gasteiger partial charge in [0.2, 0.25) is 0 Å². The van der Waals surface area contributed by atoms with Crippen LogP contribution in [-0.4, -0.2) is 12.0 Å². The van der Waals surface area contributed by atoms with Gasteiger partial charge < -0.3 is 10.1 Å². The number of aryl methyl sites for hydroxylation is 2. The Morgan fingerprint density at radius 3 is 2.88 bits per heavy atom. The molecule has 0 unspecified atom stereocenters. The molecule has 1 amide bonds. The summed E-state index contributed by atoms with van der Waals surface area (Å²) in [6.07, 6.45) is 3.26. The van der Waals surface area contributed by atoms with Crippen molar-refractivity contribution >= 4 is 17.5 Å². The number of hydrogen-bond acceptors (Lipinski definition) is 2. The lowest BCUT2D eigenvalue weighted by Crippen LogP contribution is -2.41. The molecule has 1 aliphatic carbocycles. The highest BCUT2D eigenvalue weighted by atomic mass is 35.5. The standard InChI is InChI=1S/C21H24ClNO2/c1-3-20(25-16-11-12-18(22)14(2)13-16)21(24)23-19-10-6-8-15-7-4-5-9-17(15)19/h4-5,7,9,11-13,19-20H,3,6,8,10H2,1-2H3,(H,23,24)/t19-,20+/m1/s1. The Balaban J connectivity index is 1.70. The summed E-state index contributed by atoms with van der Waals surface area (Å²) in [5.41, 5.74) is 3.51. The maximum atomic E-state index is 12.7. The molecule has 0 saturated heterocycles. The number of carbonyl (C=O) groups is 1. The minimum Gasteiger partial charge on any atom is -0.481 e. The molecule has 3 rings (SSSR count). The Hall–Kier alpha value is -2.00. The highest BCUT2D eigenvalue weighted by molar-refractivity contribution is 6.31. The highest BCUT2D eigenvalue weighted by Crippen LogP contribution is 2.30. The fraction of sp³-hybridized carbons (Fsp3) is 0.381. The van der Waals surface area contributed by atoms with Crippen LogP contribution in [-0.2, 0) is 11.2 Å². The highest BCUT2D eigenvalue weighted by Gasteiger charge is 2.25. The summed E-state index contributed by atoms with van der Waals surface area (Å²) in [4.78, 5) is 12.7. The molecule has 25 heavy (non-hydrogen) atoms. The summed E-state index contributed by atoms with van der Waals surface area (Å²) < 4.78 is 5.92. The second-order valence-corrected chi connectivity index (χ2v) is 6.99. The van der Waals surface area contributed by atoms with Gasteiger partial charge in [-0.2, -0.15) is 0 Å². The average molecular weight is 358 g/mol. The van der Waals surface area contributed by atoms with Gasteiger partial charge >= 0.3 is 0 Å². The molecule has 0 radical (unpaired) electrons. The zero-order valence-corrected chi connectivity index (χ0v) is 15.5.